The third-order valence-corrected chi connectivity index (χ3v) is 3.13. The van der Waals surface area contributed by atoms with Gasteiger partial charge in [0.05, 0.1) is 7.11 Å². The summed E-state index contributed by atoms with van der Waals surface area (Å²) in [5.41, 5.74) is 0. The molecule has 1 aromatic carbocycles. The first kappa shape index (κ1) is 13.1. The number of rotatable bonds is 6. The molecular weight excluding hydrogens is 222 g/mol. The molecule has 0 radical (unpaired) electrons. The summed E-state index contributed by atoms with van der Waals surface area (Å²) in [6.45, 7) is 2.59. The van der Waals surface area contributed by atoms with E-state index in [2.05, 4.69) is 22.2 Å². The van der Waals surface area contributed by atoms with Gasteiger partial charge in [0.25, 0.3) is 0 Å². The zero-order valence-corrected chi connectivity index (χ0v) is 10.4. The highest BCUT2D eigenvalue weighted by Crippen LogP contribution is 2.15. The summed E-state index contributed by atoms with van der Waals surface area (Å²) in [6, 6.07) is 9.96. The molecule has 0 aliphatic rings. The highest BCUT2D eigenvalue weighted by molar-refractivity contribution is 7.99. The van der Waals surface area contributed by atoms with Crippen molar-refractivity contribution >= 4 is 17.7 Å². The lowest BCUT2D eigenvalue weighted by Gasteiger charge is -2.10. The van der Waals surface area contributed by atoms with Gasteiger partial charge in [0, 0.05) is 17.2 Å². The van der Waals surface area contributed by atoms with E-state index in [1.165, 1.54) is 12.0 Å². The van der Waals surface area contributed by atoms with Crippen LogP contribution in [-0.2, 0) is 9.53 Å². The average molecular weight is 239 g/mol. The zero-order valence-electron chi connectivity index (χ0n) is 9.60. The van der Waals surface area contributed by atoms with E-state index in [0.29, 0.717) is 0 Å². The maximum Gasteiger partial charge on any atom is 0.322 e. The van der Waals surface area contributed by atoms with Crippen LogP contribution >= 0.6 is 11.8 Å². The van der Waals surface area contributed by atoms with Crippen molar-refractivity contribution in [2.24, 2.45) is 0 Å². The van der Waals surface area contributed by atoms with Crippen LogP contribution in [0.1, 0.15) is 6.92 Å². The Morgan fingerprint density at radius 2 is 2.12 bits per heavy atom. The minimum atomic E-state index is -0.235. The standard InChI is InChI=1S/C12H17NO2S/c1-10(12(14)15-2)13-8-9-16-11-6-4-3-5-7-11/h3-7,10,13H,8-9H2,1-2H3. The van der Waals surface area contributed by atoms with Crippen LogP contribution in [-0.4, -0.2) is 31.4 Å². The van der Waals surface area contributed by atoms with Crippen LogP contribution < -0.4 is 5.32 Å². The number of thioether (sulfide) groups is 1. The van der Waals surface area contributed by atoms with Crippen molar-refractivity contribution in [3.63, 3.8) is 0 Å². The number of nitrogens with one attached hydrogen (secondary N) is 1. The molecule has 0 fully saturated rings. The second kappa shape index (κ2) is 7.30. The second-order valence-corrected chi connectivity index (χ2v) is 4.53. The molecule has 0 aromatic heterocycles. The SMILES string of the molecule is COC(=O)C(C)NCCSc1ccccc1. The van der Waals surface area contributed by atoms with E-state index in [1.54, 1.807) is 18.7 Å². The molecule has 16 heavy (non-hydrogen) atoms. The third kappa shape index (κ3) is 4.68. The highest BCUT2D eigenvalue weighted by atomic mass is 32.2. The van der Waals surface area contributed by atoms with Crippen LogP contribution in [0.3, 0.4) is 0 Å². The predicted octanol–water partition coefficient (Wildman–Crippen LogP) is 1.93. The summed E-state index contributed by atoms with van der Waals surface area (Å²) in [5.74, 6) is 0.718. The minimum Gasteiger partial charge on any atom is -0.468 e. The Hall–Kier alpha value is -1.00. The molecule has 0 amide bonds. The molecule has 0 aliphatic heterocycles. The van der Waals surface area contributed by atoms with Crippen LogP contribution in [0.5, 0.6) is 0 Å². The molecule has 3 nitrogen and oxygen atoms in total. The van der Waals surface area contributed by atoms with Gasteiger partial charge in [-0.1, -0.05) is 18.2 Å². The Labute approximate surface area is 101 Å². The Morgan fingerprint density at radius 3 is 2.75 bits per heavy atom. The van der Waals surface area contributed by atoms with Gasteiger partial charge in [0.2, 0.25) is 0 Å². The number of carbonyl (C=O) groups is 1. The molecule has 4 heteroatoms. The number of methoxy groups -OCH3 is 1. The van der Waals surface area contributed by atoms with Gasteiger partial charge < -0.3 is 10.1 Å². The summed E-state index contributed by atoms with van der Waals surface area (Å²) < 4.78 is 4.62. The van der Waals surface area contributed by atoms with Crippen LogP contribution in [0, 0.1) is 0 Å². The van der Waals surface area contributed by atoms with Crippen molar-refractivity contribution < 1.29 is 9.53 Å². The van der Waals surface area contributed by atoms with E-state index in [0.717, 1.165) is 12.3 Å². The zero-order chi connectivity index (χ0) is 11.8. The fraction of sp³-hybridized carbons (Fsp3) is 0.417. The van der Waals surface area contributed by atoms with Crippen molar-refractivity contribution in [3.8, 4) is 0 Å². The fourth-order valence-corrected chi connectivity index (χ4v) is 2.03. The van der Waals surface area contributed by atoms with E-state index in [4.69, 9.17) is 0 Å². The van der Waals surface area contributed by atoms with Crippen LogP contribution in [0.4, 0.5) is 0 Å². The number of carbonyl (C=O) groups excluding carboxylic acids is 1. The summed E-state index contributed by atoms with van der Waals surface area (Å²) in [7, 11) is 1.40. The number of hydrogen-bond acceptors (Lipinski definition) is 4. The molecule has 1 rings (SSSR count). The van der Waals surface area contributed by atoms with Crippen LogP contribution in [0.25, 0.3) is 0 Å². The first-order valence-electron chi connectivity index (χ1n) is 5.23. The molecule has 0 aliphatic carbocycles. The lowest BCUT2D eigenvalue weighted by molar-refractivity contribution is -0.142. The van der Waals surface area contributed by atoms with Gasteiger partial charge in [-0.05, 0) is 19.1 Å². The summed E-state index contributed by atoms with van der Waals surface area (Å²) in [6.07, 6.45) is 0. The second-order valence-electron chi connectivity index (χ2n) is 3.36. The van der Waals surface area contributed by atoms with Gasteiger partial charge in [0.1, 0.15) is 6.04 Å². The van der Waals surface area contributed by atoms with Gasteiger partial charge in [-0.3, -0.25) is 4.79 Å². The normalized spacial score (nSPS) is 12.1. The number of hydrogen-bond donors (Lipinski definition) is 1. The molecule has 88 valence electrons. The summed E-state index contributed by atoms with van der Waals surface area (Å²) in [4.78, 5) is 12.3. The van der Waals surface area contributed by atoms with E-state index < -0.39 is 0 Å². The molecule has 1 unspecified atom stereocenters. The number of ether oxygens (including phenoxy) is 1. The lowest BCUT2D eigenvalue weighted by atomic mass is 10.3. The van der Waals surface area contributed by atoms with E-state index in [9.17, 15) is 4.79 Å². The molecule has 0 saturated heterocycles. The maximum absolute atomic E-state index is 11.1. The van der Waals surface area contributed by atoms with Gasteiger partial charge >= 0.3 is 5.97 Å². The largest absolute Gasteiger partial charge is 0.468 e. The molecule has 0 spiro atoms. The molecule has 0 saturated carbocycles. The molecule has 1 aromatic rings. The number of esters is 1. The fourth-order valence-electron chi connectivity index (χ4n) is 1.22. The monoisotopic (exact) mass is 239 g/mol. The Bertz CT molecular complexity index is 316. The van der Waals surface area contributed by atoms with Gasteiger partial charge in [-0.2, -0.15) is 0 Å². The van der Waals surface area contributed by atoms with Crippen molar-refractivity contribution in [1.29, 1.82) is 0 Å². The smallest absolute Gasteiger partial charge is 0.322 e. The maximum atomic E-state index is 11.1. The van der Waals surface area contributed by atoms with Crippen LogP contribution in [0.2, 0.25) is 0 Å². The van der Waals surface area contributed by atoms with Crippen molar-refractivity contribution in [2.45, 2.75) is 17.9 Å². The van der Waals surface area contributed by atoms with Gasteiger partial charge in [-0.15, -0.1) is 11.8 Å². The van der Waals surface area contributed by atoms with Crippen LogP contribution in [0.15, 0.2) is 35.2 Å². The van der Waals surface area contributed by atoms with E-state index in [1.807, 2.05) is 18.2 Å². The Morgan fingerprint density at radius 1 is 1.44 bits per heavy atom. The van der Waals surface area contributed by atoms with Gasteiger partial charge in [-0.25, -0.2) is 0 Å². The molecular formula is C12H17NO2S. The summed E-state index contributed by atoms with van der Waals surface area (Å²) >= 11 is 1.77. The lowest BCUT2D eigenvalue weighted by Crippen LogP contribution is -2.36. The van der Waals surface area contributed by atoms with E-state index in [-0.39, 0.29) is 12.0 Å². The summed E-state index contributed by atoms with van der Waals surface area (Å²) in [5, 5.41) is 3.11. The van der Waals surface area contributed by atoms with Crippen molar-refractivity contribution in [2.75, 3.05) is 19.4 Å². The van der Waals surface area contributed by atoms with Gasteiger partial charge in [0.15, 0.2) is 0 Å². The molecule has 0 bridgehead atoms. The third-order valence-electron chi connectivity index (χ3n) is 2.12. The first-order valence-corrected chi connectivity index (χ1v) is 6.21. The predicted molar refractivity (Wildman–Crippen MR) is 66.6 cm³/mol. The van der Waals surface area contributed by atoms with Crippen molar-refractivity contribution in [1.82, 2.24) is 5.32 Å². The number of benzene rings is 1. The molecule has 0 heterocycles. The van der Waals surface area contributed by atoms with E-state index >= 15 is 0 Å². The molecule has 1 N–H and O–H groups in total. The first-order chi connectivity index (χ1) is 7.74. The Balaban J connectivity index is 2.15. The van der Waals surface area contributed by atoms with Crippen molar-refractivity contribution in [3.05, 3.63) is 30.3 Å². The molecule has 1 atom stereocenters. The highest BCUT2D eigenvalue weighted by Gasteiger charge is 2.10. The quantitative estimate of drug-likeness (QED) is 0.468. The topological polar surface area (TPSA) is 38.3 Å². The average Bonchev–Trinajstić information content (AvgIpc) is 2.34. The Kier molecular flexibility index (Phi) is 5.96. The minimum absolute atomic E-state index is 0.218.